The maximum Gasteiger partial charge on any atom is 0.337 e. The van der Waals surface area contributed by atoms with Gasteiger partial charge in [-0.3, -0.25) is 9.36 Å². The molecule has 0 aliphatic carbocycles. The van der Waals surface area contributed by atoms with E-state index >= 15 is 0 Å². The van der Waals surface area contributed by atoms with E-state index in [0.29, 0.717) is 17.0 Å². The van der Waals surface area contributed by atoms with E-state index < -0.39 is 17.8 Å². The summed E-state index contributed by atoms with van der Waals surface area (Å²) in [6.07, 6.45) is 3.25. The zero-order valence-corrected chi connectivity index (χ0v) is 20.3. The minimum Gasteiger partial charge on any atom is -0.478 e. The number of rotatable bonds is 5. The van der Waals surface area contributed by atoms with E-state index in [1.165, 1.54) is 29.0 Å². The molecule has 0 radical (unpaired) electrons. The summed E-state index contributed by atoms with van der Waals surface area (Å²) < 4.78 is 16.0. The number of hydrogen-bond acceptors (Lipinski definition) is 6. The minimum atomic E-state index is -1.18. The Morgan fingerprint density at radius 1 is 1.26 bits per heavy atom. The van der Waals surface area contributed by atoms with E-state index in [1.807, 2.05) is 0 Å². The van der Waals surface area contributed by atoms with Crippen LogP contribution in [0.4, 0.5) is 16.0 Å². The molecule has 1 aromatic carbocycles. The molecule has 1 unspecified atom stereocenters. The number of halogens is 2. The monoisotopic (exact) mass is 487 g/mol. The molecule has 1 aliphatic heterocycles. The smallest absolute Gasteiger partial charge is 0.337 e. The van der Waals surface area contributed by atoms with Gasteiger partial charge in [0.25, 0.3) is 5.56 Å². The second kappa shape index (κ2) is 8.87. The predicted molar refractivity (Wildman–Crippen MR) is 130 cm³/mol. The number of nitrogens with zero attached hydrogens (tertiary/aromatic N) is 4. The zero-order valence-electron chi connectivity index (χ0n) is 19.5. The molecular formula is C24H27ClFN5O3. The number of aromatic carboxylic acids is 1. The summed E-state index contributed by atoms with van der Waals surface area (Å²) >= 11 is 5.85. The number of carboxylic acid groups (broad SMARTS) is 1. The Labute approximate surface area is 201 Å². The highest BCUT2D eigenvalue weighted by Gasteiger charge is 2.28. The molecule has 1 aliphatic rings. The van der Waals surface area contributed by atoms with E-state index in [-0.39, 0.29) is 32.8 Å². The van der Waals surface area contributed by atoms with Crippen LogP contribution < -0.4 is 15.8 Å². The number of nitrogens with one attached hydrogen (secondary N) is 1. The van der Waals surface area contributed by atoms with Crippen LogP contribution in [0.1, 0.15) is 55.6 Å². The lowest BCUT2D eigenvalue weighted by Crippen LogP contribution is -2.40. The molecule has 2 N–H and O–H groups in total. The van der Waals surface area contributed by atoms with Crippen LogP contribution in [-0.4, -0.2) is 38.7 Å². The summed E-state index contributed by atoms with van der Waals surface area (Å²) in [7, 11) is 1.65. The van der Waals surface area contributed by atoms with Crippen LogP contribution in [-0.2, 0) is 7.05 Å². The highest BCUT2D eigenvalue weighted by atomic mass is 35.5. The lowest BCUT2D eigenvalue weighted by atomic mass is 9.83. The van der Waals surface area contributed by atoms with Gasteiger partial charge >= 0.3 is 5.97 Å². The van der Waals surface area contributed by atoms with Gasteiger partial charge in [-0.1, -0.05) is 25.4 Å². The first kappa shape index (κ1) is 23.9. The summed E-state index contributed by atoms with van der Waals surface area (Å²) in [6.45, 7) is 7.73. The van der Waals surface area contributed by atoms with Gasteiger partial charge in [0.1, 0.15) is 11.0 Å². The van der Waals surface area contributed by atoms with Gasteiger partial charge in [-0.05, 0) is 43.4 Å². The quantitative estimate of drug-likeness (QED) is 0.506. The summed E-state index contributed by atoms with van der Waals surface area (Å²) in [4.78, 5) is 35.7. The fraction of sp³-hybridized carbons (Fsp3) is 0.417. The van der Waals surface area contributed by atoms with E-state index in [0.717, 1.165) is 25.9 Å². The molecule has 0 saturated carbocycles. The van der Waals surface area contributed by atoms with Crippen molar-refractivity contribution in [2.45, 2.75) is 39.7 Å². The number of fused-ring (bicyclic) bond motifs is 1. The molecule has 0 spiro atoms. The van der Waals surface area contributed by atoms with Crippen LogP contribution in [0.3, 0.4) is 0 Å². The molecule has 8 nitrogen and oxygen atoms in total. The van der Waals surface area contributed by atoms with E-state index in [2.05, 4.69) is 29.0 Å². The molecule has 3 aromatic rings. The number of benzene rings is 1. The molecule has 1 saturated heterocycles. The zero-order chi connectivity index (χ0) is 24.8. The second-order valence-corrected chi connectivity index (χ2v) is 9.93. The molecule has 3 heterocycles. The first-order valence-corrected chi connectivity index (χ1v) is 11.4. The van der Waals surface area contributed by atoms with Gasteiger partial charge in [-0.15, -0.1) is 0 Å². The third-order valence-electron chi connectivity index (χ3n) is 6.49. The third kappa shape index (κ3) is 4.57. The Balaban J connectivity index is 1.79. The summed E-state index contributed by atoms with van der Waals surface area (Å²) in [6, 6.07) is 3.18. The van der Waals surface area contributed by atoms with Crippen LogP contribution in [0.15, 0.2) is 29.2 Å². The van der Waals surface area contributed by atoms with Gasteiger partial charge in [0.05, 0.1) is 34.4 Å². The second-order valence-electron chi connectivity index (χ2n) is 9.54. The predicted octanol–water partition coefficient (Wildman–Crippen LogP) is 4.62. The lowest BCUT2D eigenvalue weighted by Gasteiger charge is -2.38. The van der Waals surface area contributed by atoms with Crippen molar-refractivity contribution in [1.29, 1.82) is 0 Å². The van der Waals surface area contributed by atoms with Gasteiger partial charge in [0.2, 0.25) is 5.95 Å². The number of carboxylic acids is 1. The summed E-state index contributed by atoms with van der Waals surface area (Å²) in [5, 5.41) is 12.8. The van der Waals surface area contributed by atoms with E-state index in [4.69, 9.17) is 16.6 Å². The van der Waals surface area contributed by atoms with Gasteiger partial charge in [-0.25, -0.2) is 19.2 Å². The van der Waals surface area contributed by atoms with Crippen LogP contribution in [0, 0.1) is 11.2 Å². The Hall–Kier alpha value is -3.20. The molecule has 0 amide bonds. The van der Waals surface area contributed by atoms with Crippen molar-refractivity contribution in [1.82, 2.24) is 14.5 Å². The first-order chi connectivity index (χ1) is 16.0. The number of carbonyl (C=O) groups is 1. The number of aromatic nitrogens is 3. The third-order valence-corrected chi connectivity index (χ3v) is 6.70. The number of anilines is 2. The van der Waals surface area contributed by atoms with E-state index in [9.17, 15) is 19.1 Å². The normalized spacial score (nSPS) is 16.5. The highest BCUT2D eigenvalue weighted by Crippen LogP contribution is 2.33. The Morgan fingerprint density at radius 3 is 2.59 bits per heavy atom. The molecule has 0 bridgehead atoms. The summed E-state index contributed by atoms with van der Waals surface area (Å²) in [5.74, 6) is -1.21. The van der Waals surface area contributed by atoms with Gasteiger partial charge < -0.3 is 15.3 Å². The van der Waals surface area contributed by atoms with E-state index in [1.54, 1.807) is 14.0 Å². The molecule has 34 heavy (non-hydrogen) atoms. The fourth-order valence-corrected chi connectivity index (χ4v) is 4.47. The first-order valence-electron chi connectivity index (χ1n) is 11.1. The van der Waals surface area contributed by atoms with Crippen LogP contribution >= 0.6 is 11.6 Å². The molecule has 2 aromatic heterocycles. The Bertz CT molecular complexity index is 1330. The maximum atomic E-state index is 14.6. The Kier molecular flexibility index (Phi) is 6.24. The average molecular weight is 488 g/mol. The lowest BCUT2D eigenvalue weighted by molar-refractivity contribution is 0.0697. The van der Waals surface area contributed by atoms with Gasteiger partial charge in [0.15, 0.2) is 0 Å². The molecule has 4 rings (SSSR count). The molecular weight excluding hydrogens is 461 g/mol. The van der Waals surface area contributed by atoms with Crippen molar-refractivity contribution in [3.8, 4) is 0 Å². The van der Waals surface area contributed by atoms with Crippen LogP contribution in [0.25, 0.3) is 10.9 Å². The largest absolute Gasteiger partial charge is 0.478 e. The minimum absolute atomic E-state index is 0.0475. The van der Waals surface area contributed by atoms with Crippen LogP contribution in [0.5, 0.6) is 0 Å². The molecule has 10 heteroatoms. The van der Waals surface area contributed by atoms with Crippen molar-refractivity contribution in [2.24, 2.45) is 12.5 Å². The van der Waals surface area contributed by atoms with Crippen molar-refractivity contribution in [3.05, 3.63) is 56.8 Å². The fourth-order valence-electron chi connectivity index (χ4n) is 4.31. The molecule has 180 valence electrons. The van der Waals surface area contributed by atoms with Gasteiger partial charge in [0, 0.05) is 25.7 Å². The van der Waals surface area contributed by atoms with Crippen molar-refractivity contribution in [3.63, 3.8) is 0 Å². The molecule has 1 atom stereocenters. The number of piperidine rings is 1. The number of hydrogen-bond donors (Lipinski definition) is 2. The Morgan fingerprint density at radius 2 is 1.94 bits per heavy atom. The van der Waals surface area contributed by atoms with Crippen molar-refractivity contribution < 1.29 is 14.3 Å². The molecule has 1 fully saturated rings. The highest BCUT2D eigenvalue weighted by molar-refractivity contribution is 6.29. The average Bonchev–Trinajstić information content (AvgIpc) is 2.77. The van der Waals surface area contributed by atoms with Gasteiger partial charge in [-0.2, -0.15) is 0 Å². The van der Waals surface area contributed by atoms with Crippen LogP contribution in [0.2, 0.25) is 5.15 Å². The number of pyridine rings is 1. The van der Waals surface area contributed by atoms with Crippen molar-refractivity contribution >= 4 is 40.1 Å². The standard InChI is InChI=1S/C24H27ClFN5O3/c1-13(28-18-12-27-19(25)11-16(18)22(33)34)15-9-14(26)10-17-20(15)29-23(30(4)21(17)32)31-7-5-24(2,3)6-8-31/h9-13,28H,5-8H2,1-4H3,(H,33,34). The van der Waals surface area contributed by atoms with Crippen molar-refractivity contribution in [2.75, 3.05) is 23.3 Å². The maximum absolute atomic E-state index is 14.6. The summed E-state index contributed by atoms with van der Waals surface area (Å²) in [5.41, 5.74) is 0.878. The SMILES string of the molecule is CC(Nc1cnc(Cl)cc1C(=O)O)c1cc(F)cc2c(=O)n(C)c(N3CCC(C)(C)CC3)nc12. The topological polar surface area (TPSA) is 100 Å².